The molecule has 4 N–H and O–H groups in total. The van der Waals surface area contributed by atoms with Crippen LogP contribution in [0.5, 0.6) is 5.75 Å². The predicted octanol–water partition coefficient (Wildman–Crippen LogP) is 3.60. The lowest BCUT2D eigenvalue weighted by molar-refractivity contribution is 0.124. The summed E-state index contributed by atoms with van der Waals surface area (Å²) in [6.07, 6.45) is 1.78. The van der Waals surface area contributed by atoms with Gasteiger partial charge in [0.1, 0.15) is 36.7 Å². The second kappa shape index (κ2) is 14.7. The van der Waals surface area contributed by atoms with Crippen LogP contribution in [0.25, 0.3) is 33.2 Å². The second-order valence-corrected chi connectivity index (χ2v) is 10.8. The zero-order valence-electron chi connectivity index (χ0n) is 25.5. The van der Waals surface area contributed by atoms with Gasteiger partial charge in [0.15, 0.2) is 5.82 Å². The number of aliphatic hydroxyl groups excluding tert-OH is 1. The third-order valence-corrected chi connectivity index (χ3v) is 7.60. The lowest BCUT2D eigenvalue weighted by Crippen LogP contribution is -2.41. The number of benzene rings is 3. The van der Waals surface area contributed by atoms with E-state index in [0.29, 0.717) is 43.8 Å². The highest BCUT2D eigenvalue weighted by Crippen LogP contribution is 2.36. The topological polar surface area (TPSA) is 142 Å². The van der Waals surface area contributed by atoms with Gasteiger partial charge in [-0.1, -0.05) is 24.3 Å². The maximum Gasteiger partial charge on any atom is 0.165 e. The number of aromatic nitrogens is 4. The number of epoxide rings is 1. The quantitative estimate of drug-likeness (QED) is 0.0694. The number of hydrogen-bond donors (Lipinski definition) is 4. The van der Waals surface area contributed by atoms with Crippen molar-refractivity contribution in [3.8, 4) is 17.1 Å². The lowest BCUT2D eigenvalue weighted by atomic mass is 10.1. The maximum absolute atomic E-state index is 11.1. The number of aliphatic hydroxyl groups is 1. The van der Waals surface area contributed by atoms with Gasteiger partial charge < -0.3 is 29.0 Å². The molecule has 1 aliphatic heterocycles. The first-order valence-electron chi connectivity index (χ1n) is 15.1. The summed E-state index contributed by atoms with van der Waals surface area (Å²) in [5, 5.41) is 26.6. The highest BCUT2D eigenvalue weighted by Gasteiger charge is 2.39. The van der Waals surface area contributed by atoms with Gasteiger partial charge in [0.2, 0.25) is 0 Å². The SMILES string of the molecule is COCCCNC1OC1COc1ccccc1-c1nc(N(CC(O)NCCOC)c2ccc3[nH]ncc3c2)c2ccccc2n1. The Morgan fingerprint density at radius 3 is 2.73 bits per heavy atom. The Morgan fingerprint density at radius 1 is 1.00 bits per heavy atom. The van der Waals surface area contributed by atoms with Crippen LogP contribution in [0.15, 0.2) is 72.9 Å². The van der Waals surface area contributed by atoms with Gasteiger partial charge in [-0.2, -0.15) is 5.10 Å². The van der Waals surface area contributed by atoms with E-state index in [2.05, 4.69) is 20.8 Å². The molecule has 0 saturated carbocycles. The van der Waals surface area contributed by atoms with Gasteiger partial charge in [-0.05, 0) is 55.4 Å². The highest BCUT2D eigenvalue weighted by atomic mass is 16.6. The molecule has 12 nitrogen and oxygen atoms in total. The summed E-state index contributed by atoms with van der Waals surface area (Å²) < 4.78 is 22.3. The minimum absolute atomic E-state index is 0.0254. The van der Waals surface area contributed by atoms with Gasteiger partial charge in [-0.15, -0.1) is 0 Å². The lowest BCUT2D eigenvalue weighted by Gasteiger charge is -2.28. The molecule has 0 aliphatic carbocycles. The highest BCUT2D eigenvalue weighted by molar-refractivity contribution is 5.94. The van der Waals surface area contributed by atoms with Crippen LogP contribution in [0, 0.1) is 0 Å². The fourth-order valence-corrected chi connectivity index (χ4v) is 5.22. The number of para-hydroxylation sites is 2. The van der Waals surface area contributed by atoms with Crippen LogP contribution in [0.4, 0.5) is 11.5 Å². The number of methoxy groups -OCH3 is 2. The van der Waals surface area contributed by atoms with E-state index >= 15 is 0 Å². The Hall–Kier alpha value is -4.17. The molecule has 0 radical (unpaired) electrons. The van der Waals surface area contributed by atoms with Crippen LogP contribution < -0.4 is 20.3 Å². The van der Waals surface area contributed by atoms with Crippen LogP contribution in [0.3, 0.4) is 0 Å². The number of hydrogen-bond acceptors (Lipinski definition) is 11. The predicted molar refractivity (Wildman–Crippen MR) is 173 cm³/mol. The van der Waals surface area contributed by atoms with E-state index in [9.17, 15) is 5.11 Å². The minimum Gasteiger partial charge on any atom is -0.490 e. The molecular formula is C33H39N7O5. The van der Waals surface area contributed by atoms with Gasteiger partial charge in [-0.25, -0.2) is 9.97 Å². The van der Waals surface area contributed by atoms with Crippen molar-refractivity contribution in [2.45, 2.75) is 25.0 Å². The summed E-state index contributed by atoms with van der Waals surface area (Å²) >= 11 is 0. The molecule has 6 rings (SSSR count). The first-order chi connectivity index (χ1) is 22.1. The summed E-state index contributed by atoms with van der Waals surface area (Å²) in [4.78, 5) is 12.1. The summed E-state index contributed by atoms with van der Waals surface area (Å²) in [6.45, 7) is 3.13. The largest absolute Gasteiger partial charge is 0.490 e. The van der Waals surface area contributed by atoms with Crippen molar-refractivity contribution in [3.05, 3.63) is 72.9 Å². The van der Waals surface area contributed by atoms with Crippen LogP contribution in [-0.2, 0) is 14.2 Å². The molecule has 0 bridgehead atoms. The Morgan fingerprint density at radius 2 is 1.84 bits per heavy atom. The smallest absolute Gasteiger partial charge is 0.165 e. The molecule has 1 fully saturated rings. The molecule has 0 amide bonds. The molecule has 45 heavy (non-hydrogen) atoms. The van der Waals surface area contributed by atoms with E-state index in [1.807, 2.05) is 71.6 Å². The third kappa shape index (κ3) is 7.56. The number of rotatable bonds is 17. The van der Waals surface area contributed by atoms with Crippen molar-refractivity contribution < 1.29 is 24.1 Å². The van der Waals surface area contributed by atoms with Crippen molar-refractivity contribution >= 4 is 33.3 Å². The number of anilines is 2. The fraction of sp³-hybridized carbons (Fsp3) is 0.364. The fourth-order valence-electron chi connectivity index (χ4n) is 5.22. The molecule has 3 atom stereocenters. The van der Waals surface area contributed by atoms with Crippen molar-refractivity contribution in [3.63, 3.8) is 0 Å². The molecule has 236 valence electrons. The van der Waals surface area contributed by atoms with Crippen LogP contribution in [0.1, 0.15) is 6.42 Å². The number of aromatic amines is 1. The molecule has 1 saturated heterocycles. The molecule has 3 heterocycles. The maximum atomic E-state index is 11.1. The first-order valence-corrected chi connectivity index (χ1v) is 15.1. The van der Waals surface area contributed by atoms with E-state index in [-0.39, 0.29) is 18.9 Å². The van der Waals surface area contributed by atoms with Gasteiger partial charge in [0.25, 0.3) is 0 Å². The molecule has 3 unspecified atom stereocenters. The number of H-pyrrole nitrogens is 1. The molecule has 1 aliphatic rings. The molecular weight excluding hydrogens is 574 g/mol. The standard InChI is InChI=1S/C33H39N7O5/c1-42-16-7-14-35-33-29(45-33)21-44-28-11-6-4-9-25(28)31-37-27-10-5-3-8-24(27)32(38-31)40(20-30(41)34-15-17-43-2)23-12-13-26-22(18-23)19-36-39-26/h3-6,8-13,18-19,29-30,33-35,41H,7,14-17,20-21H2,1-2H3,(H,36,39). The Balaban J connectivity index is 1.32. The molecule has 2 aromatic heterocycles. The zero-order valence-corrected chi connectivity index (χ0v) is 25.5. The molecule has 0 spiro atoms. The summed E-state index contributed by atoms with van der Waals surface area (Å²) in [6, 6.07) is 21.6. The zero-order chi connectivity index (χ0) is 31.0. The van der Waals surface area contributed by atoms with Gasteiger partial charge in [-0.3, -0.25) is 15.7 Å². The van der Waals surface area contributed by atoms with E-state index in [1.165, 1.54) is 0 Å². The molecule has 12 heteroatoms. The van der Waals surface area contributed by atoms with E-state index < -0.39 is 6.23 Å². The van der Waals surface area contributed by atoms with Crippen molar-refractivity contribution in [2.24, 2.45) is 0 Å². The normalized spacial score (nSPS) is 16.7. The number of fused-ring (bicyclic) bond motifs is 2. The Bertz CT molecular complexity index is 1700. The van der Waals surface area contributed by atoms with E-state index in [1.54, 1.807) is 20.4 Å². The van der Waals surface area contributed by atoms with Crippen LogP contribution in [-0.4, -0.2) is 97.5 Å². The molecule has 3 aromatic carbocycles. The number of ether oxygens (including phenoxy) is 4. The van der Waals surface area contributed by atoms with E-state index in [4.69, 9.17) is 28.9 Å². The van der Waals surface area contributed by atoms with Crippen molar-refractivity contribution in [2.75, 3.05) is 58.6 Å². The van der Waals surface area contributed by atoms with Gasteiger partial charge in [0, 0.05) is 43.8 Å². The summed E-state index contributed by atoms with van der Waals surface area (Å²) in [7, 11) is 3.33. The van der Waals surface area contributed by atoms with Gasteiger partial charge in [0.05, 0.1) is 35.9 Å². The number of nitrogens with one attached hydrogen (secondary N) is 3. The van der Waals surface area contributed by atoms with E-state index in [0.717, 1.165) is 46.0 Å². The van der Waals surface area contributed by atoms with Crippen molar-refractivity contribution in [1.29, 1.82) is 0 Å². The van der Waals surface area contributed by atoms with Crippen LogP contribution >= 0.6 is 0 Å². The van der Waals surface area contributed by atoms with Crippen molar-refractivity contribution in [1.82, 2.24) is 30.8 Å². The second-order valence-electron chi connectivity index (χ2n) is 10.8. The Labute approximate surface area is 261 Å². The first kappa shape index (κ1) is 30.8. The monoisotopic (exact) mass is 613 g/mol. The Kier molecular flexibility index (Phi) is 10.1. The summed E-state index contributed by atoms with van der Waals surface area (Å²) in [5.74, 6) is 1.84. The van der Waals surface area contributed by atoms with Crippen LogP contribution in [0.2, 0.25) is 0 Å². The minimum atomic E-state index is -0.859. The summed E-state index contributed by atoms with van der Waals surface area (Å²) in [5.41, 5.74) is 3.31. The average Bonchev–Trinajstić information content (AvgIpc) is 3.65. The molecule has 5 aromatic rings. The average molecular weight is 614 g/mol. The number of nitrogens with zero attached hydrogens (tertiary/aromatic N) is 4. The third-order valence-electron chi connectivity index (χ3n) is 7.60. The van der Waals surface area contributed by atoms with Gasteiger partial charge >= 0.3 is 0 Å².